The number of aryl methyl sites for hydroxylation is 1. The molecule has 1 amide bonds. The van der Waals surface area contributed by atoms with Crippen LogP contribution in [-0.4, -0.2) is 10.5 Å². The second-order valence-corrected chi connectivity index (χ2v) is 7.16. The summed E-state index contributed by atoms with van der Waals surface area (Å²) in [6.07, 6.45) is 1.52. The van der Waals surface area contributed by atoms with Gasteiger partial charge in [0.2, 0.25) is 0 Å². The minimum absolute atomic E-state index is 0.0361. The molecule has 0 radical (unpaired) electrons. The molecule has 0 fully saturated rings. The monoisotopic (exact) mass is 437 g/mol. The van der Waals surface area contributed by atoms with E-state index in [2.05, 4.69) is 21.2 Å². The van der Waals surface area contributed by atoms with E-state index < -0.39 is 11.7 Å². The maximum atomic E-state index is 13.8. The molecular weight excluding hydrogens is 421 g/mol. The lowest BCUT2D eigenvalue weighted by Gasteiger charge is -2.10. The third-order valence-corrected chi connectivity index (χ3v) is 4.87. The van der Waals surface area contributed by atoms with Crippen molar-refractivity contribution < 1.29 is 9.18 Å². The molecule has 140 valence electrons. The largest absolute Gasteiger partial charge is 0.319 e. The van der Waals surface area contributed by atoms with Gasteiger partial charge < -0.3 is 9.88 Å². The molecule has 0 unspecified atom stereocenters. The summed E-state index contributed by atoms with van der Waals surface area (Å²) < 4.78 is 16.8. The average molecular weight is 438 g/mol. The van der Waals surface area contributed by atoms with Crippen LogP contribution < -0.4 is 5.32 Å². The summed E-state index contributed by atoms with van der Waals surface area (Å²) >= 11 is 3.42. The van der Waals surface area contributed by atoms with Gasteiger partial charge in [0.15, 0.2) is 0 Å². The first-order valence-corrected chi connectivity index (χ1v) is 9.32. The number of para-hydroxylation sites is 1. The number of carbonyl (C=O) groups is 1. The van der Waals surface area contributed by atoms with E-state index in [1.54, 1.807) is 6.07 Å². The zero-order chi connectivity index (χ0) is 20.3. The second kappa shape index (κ2) is 8.24. The lowest BCUT2D eigenvalue weighted by atomic mass is 10.1. The van der Waals surface area contributed by atoms with Gasteiger partial charge in [-0.2, -0.15) is 5.26 Å². The zero-order valence-corrected chi connectivity index (χ0v) is 16.9. The highest BCUT2D eigenvalue weighted by Crippen LogP contribution is 2.24. The summed E-state index contributed by atoms with van der Waals surface area (Å²) in [6.45, 7) is 3.88. The van der Waals surface area contributed by atoms with E-state index >= 15 is 0 Å². The molecule has 4 nitrogen and oxygen atoms in total. The van der Waals surface area contributed by atoms with Crippen LogP contribution in [0.15, 0.2) is 64.6 Å². The average Bonchev–Trinajstić information content (AvgIpc) is 2.95. The van der Waals surface area contributed by atoms with Gasteiger partial charge in [0.05, 0.1) is 5.69 Å². The highest BCUT2D eigenvalue weighted by atomic mass is 79.9. The first-order valence-electron chi connectivity index (χ1n) is 8.53. The van der Waals surface area contributed by atoms with E-state index in [-0.39, 0.29) is 11.3 Å². The minimum atomic E-state index is -0.652. The summed E-state index contributed by atoms with van der Waals surface area (Å²) in [4.78, 5) is 12.4. The van der Waals surface area contributed by atoms with Gasteiger partial charge >= 0.3 is 0 Å². The maximum Gasteiger partial charge on any atom is 0.266 e. The molecular formula is C22H17BrFN3O. The first kappa shape index (κ1) is 19.6. The number of rotatable bonds is 4. The molecule has 0 aliphatic carbocycles. The smallest absolute Gasteiger partial charge is 0.266 e. The quantitative estimate of drug-likeness (QED) is 0.430. The molecule has 6 heteroatoms. The van der Waals surface area contributed by atoms with Crippen LogP contribution in [0.4, 0.5) is 10.1 Å². The van der Waals surface area contributed by atoms with Crippen LogP contribution in [0.1, 0.15) is 17.0 Å². The van der Waals surface area contributed by atoms with Gasteiger partial charge in [-0.3, -0.25) is 4.79 Å². The standard InChI is InChI=1S/C22H17BrFN3O/c1-14-11-16(15(2)27(14)19-9-7-18(23)8-10-19)12-17(13-25)22(28)26-21-6-4-3-5-20(21)24/h3-12H,1-2H3,(H,26,28)/b17-12-. The van der Waals surface area contributed by atoms with Crippen LogP contribution in [-0.2, 0) is 4.79 Å². The Bertz CT molecular complexity index is 1110. The van der Waals surface area contributed by atoms with E-state index in [1.807, 2.05) is 54.8 Å². The molecule has 1 heterocycles. The predicted octanol–water partition coefficient (Wildman–Crippen LogP) is 5.54. The van der Waals surface area contributed by atoms with Gasteiger partial charge in [0.25, 0.3) is 5.91 Å². The molecule has 28 heavy (non-hydrogen) atoms. The number of nitrogens with one attached hydrogen (secondary N) is 1. The minimum Gasteiger partial charge on any atom is -0.319 e. The molecule has 1 N–H and O–H groups in total. The molecule has 2 aromatic carbocycles. The van der Waals surface area contributed by atoms with Gasteiger partial charge in [-0.25, -0.2) is 4.39 Å². The molecule has 0 aliphatic heterocycles. The van der Waals surface area contributed by atoms with Gasteiger partial charge in [0.1, 0.15) is 17.5 Å². The number of aromatic nitrogens is 1. The van der Waals surface area contributed by atoms with Crippen molar-refractivity contribution in [3.8, 4) is 11.8 Å². The Morgan fingerprint density at radius 3 is 2.50 bits per heavy atom. The first-order chi connectivity index (χ1) is 13.4. The van der Waals surface area contributed by atoms with Crippen LogP contribution in [0.25, 0.3) is 11.8 Å². The Hall–Kier alpha value is -3.17. The lowest BCUT2D eigenvalue weighted by Crippen LogP contribution is -2.14. The number of anilines is 1. The fraction of sp³-hybridized carbons (Fsp3) is 0.0909. The molecule has 3 rings (SSSR count). The summed E-state index contributed by atoms with van der Waals surface area (Å²) in [6, 6.07) is 17.5. The van der Waals surface area contributed by atoms with Gasteiger partial charge in [0, 0.05) is 21.5 Å². The highest BCUT2D eigenvalue weighted by Gasteiger charge is 2.15. The molecule has 0 bridgehead atoms. The Morgan fingerprint density at radius 1 is 1.18 bits per heavy atom. The third kappa shape index (κ3) is 4.05. The van der Waals surface area contributed by atoms with E-state index in [0.29, 0.717) is 0 Å². The fourth-order valence-corrected chi connectivity index (χ4v) is 3.24. The Labute approximate surface area is 171 Å². The maximum absolute atomic E-state index is 13.8. The van der Waals surface area contributed by atoms with E-state index in [0.717, 1.165) is 27.1 Å². The van der Waals surface area contributed by atoms with Gasteiger partial charge in [-0.05, 0) is 68.0 Å². The van der Waals surface area contributed by atoms with E-state index in [4.69, 9.17) is 0 Å². The normalized spacial score (nSPS) is 11.2. The van der Waals surface area contributed by atoms with Crippen molar-refractivity contribution in [3.05, 3.63) is 87.4 Å². The lowest BCUT2D eigenvalue weighted by molar-refractivity contribution is -0.112. The van der Waals surface area contributed by atoms with Crippen LogP contribution in [0.3, 0.4) is 0 Å². The fourth-order valence-electron chi connectivity index (χ4n) is 2.98. The number of hydrogen-bond acceptors (Lipinski definition) is 2. The number of benzene rings is 2. The Morgan fingerprint density at radius 2 is 1.86 bits per heavy atom. The van der Waals surface area contributed by atoms with Crippen molar-refractivity contribution in [3.63, 3.8) is 0 Å². The predicted molar refractivity (Wildman–Crippen MR) is 112 cm³/mol. The number of amides is 1. The molecule has 3 aromatic rings. The van der Waals surface area contributed by atoms with Crippen LogP contribution >= 0.6 is 15.9 Å². The van der Waals surface area contributed by atoms with Crippen molar-refractivity contribution in [2.45, 2.75) is 13.8 Å². The summed E-state index contributed by atoms with van der Waals surface area (Å²) in [5.41, 5.74) is 3.53. The third-order valence-electron chi connectivity index (χ3n) is 4.34. The van der Waals surface area contributed by atoms with E-state index in [1.165, 1.54) is 24.3 Å². The highest BCUT2D eigenvalue weighted by molar-refractivity contribution is 9.10. The summed E-state index contributed by atoms with van der Waals surface area (Å²) in [5, 5.41) is 11.9. The summed E-state index contributed by atoms with van der Waals surface area (Å²) in [7, 11) is 0. The Balaban J connectivity index is 1.94. The second-order valence-electron chi connectivity index (χ2n) is 6.24. The molecule has 0 spiro atoms. The summed E-state index contributed by atoms with van der Waals surface area (Å²) in [5.74, 6) is -1.21. The van der Waals surface area contributed by atoms with Crippen molar-refractivity contribution in [2.24, 2.45) is 0 Å². The van der Waals surface area contributed by atoms with Crippen molar-refractivity contribution >= 4 is 33.6 Å². The van der Waals surface area contributed by atoms with Crippen LogP contribution in [0, 0.1) is 31.0 Å². The number of nitriles is 1. The topological polar surface area (TPSA) is 57.8 Å². The van der Waals surface area contributed by atoms with Crippen molar-refractivity contribution in [1.82, 2.24) is 4.57 Å². The zero-order valence-electron chi connectivity index (χ0n) is 15.3. The molecule has 1 aromatic heterocycles. The number of halogens is 2. The number of carbonyl (C=O) groups excluding carboxylic acids is 1. The van der Waals surface area contributed by atoms with Gasteiger partial charge in [-0.1, -0.05) is 28.1 Å². The van der Waals surface area contributed by atoms with E-state index in [9.17, 15) is 14.4 Å². The van der Waals surface area contributed by atoms with Crippen LogP contribution in [0.5, 0.6) is 0 Å². The number of hydrogen-bond donors (Lipinski definition) is 1. The van der Waals surface area contributed by atoms with Crippen LogP contribution in [0.2, 0.25) is 0 Å². The molecule has 0 atom stereocenters. The Kier molecular flexibility index (Phi) is 5.76. The molecule has 0 aliphatic rings. The van der Waals surface area contributed by atoms with Crippen molar-refractivity contribution in [2.75, 3.05) is 5.32 Å². The van der Waals surface area contributed by atoms with Gasteiger partial charge in [-0.15, -0.1) is 0 Å². The molecule has 0 saturated heterocycles. The SMILES string of the molecule is Cc1cc(/C=C(/C#N)C(=O)Nc2ccccc2F)c(C)n1-c1ccc(Br)cc1. The number of nitrogens with zero attached hydrogens (tertiary/aromatic N) is 2. The molecule has 0 saturated carbocycles. The van der Waals surface area contributed by atoms with Crippen molar-refractivity contribution in [1.29, 1.82) is 5.26 Å².